The van der Waals surface area contributed by atoms with Gasteiger partial charge in [-0.3, -0.25) is 0 Å². The van der Waals surface area contributed by atoms with E-state index in [9.17, 15) is 9.90 Å². The fraction of sp³-hybridized carbons (Fsp3) is 0.300. The Hall–Kier alpha value is -1.97. The van der Waals surface area contributed by atoms with Gasteiger partial charge >= 0.3 is 5.97 Å². The Morgan fingerprint density at radius 2 is 2.19 bits per heavy atom. The lowest BCUT2D eigenvalue weighted by molar-refractivity contribution is -0.153. The van der Waals surface area contributed by atoms with Crippen molar-refractivity contribution in [3.05, 3.63) is 29.1 Å². The second kappa shape index (κ2) is 4.70. The lowest BCUT2D eigenvalue weighted by atomic mass is 10.0. The number of aromatic nitrogens is 1. The predicted molar refractivity (Wildman–Crippen MR) is 52.3 cm³/mol. The number of hydrogen-bond donors (Lipinski definition) is 3. The van der Waals surface area contributed by atoms with Crippen molar-refractivity contribution in [2.24, 2.45) is 0 Å². The summed E-state index contributed by atoms with van der Waals surface area (Å²) in [5, 5.41) is 35.7. The number of hydrogen-bond acceptors (Lipinski definition) is 5. The number of carbonyl (C=O) groups is 1. The lowest BCUT2D eigenvalue weighted by Gasteiger charge is -2.14. The van der Waals surface area contributed by atoms with Crippen molar-refractivity contribution in [3.8, 4) is 6.07 Å². The highest BCUT2D eigenvalue weighted by Gasteiger charge is 2.25. The molecule has 0 saturated heterocycles. The molecular weight excluding hydrogens is 212 g/mol. The van der Waals surface area contributed by atoms with Crippen LogP contribution in [0.4, 0.5) is 0 Å². The first-order valence-corrected chi connectivity index (χ1v) is 4.43. The van der Waals surface area contributed by atoms with Crippen molar-refractivity contribution < 1.29 is 20.1 Å². The molecule has 3 N–H and O–H groups in total. The molecule has 0 spiro atoms. The third kappa shape index (κ3) is 2.34. The Balaban J connectivity index is 3.02. The zero-order chi connectivity index (χ0) is 12.3. The molecule has 0 saturated carbocycles. The third-order valence-corrected chi connectivity index (χ3v) is 2.10. The highest BCUT2D eigenvalue weighted by Crippen LogP contribution is 2.18. The molecule has 0 bridgehead atoms. The molecule has 0 fully saturated rings. The van der Waals surface area contributed by atoms with Gasteiger partial charge in [0.2, 0.25) is 0 Å². The van der Waals surface area contributed by atoms with Gasteiger partial charge < -0.3 is 15.3 Å². The molecule has 0 aliphatic heterocycles. The van der Waals surface area contributed by atoms with Crippen LogP contribution in [-0.4, -0.2) is 32.4 Å². The first kappa shape index (κ1) is 12.1. The molecule has 6 nitrogen and oxygen atoms in total. The summed E-state index contributed by atoms with van der Waals surface area (Å²) in [6.07, 6.45) is -2.30. The lowest BCUT2D eigenvalue weighted by Crippen LogP contribution is -2.27. The Kier molecular flexibility index (Phi) is 3.55. The molecule has 0 aromatic carbocycles. The highest BCUT2D eigenvalue weighted by molar-refractivity contribution is 5.73. The van der Waals surface area contributed by atoms with E-state index in [4.69, 9.17) is 15.5 Å². The fourth-order valence-electron chi connectivity index (χ4n) is 1.19. The van der Waals surface area contributed by atoms with Crippen LogP contribution in [-0.2, 0) is 4.79 Å². The van der Waals surface area contributed by atoms with Crippen LogP contribution in [0.25, 0.3) is 0 Å². The maximum atomic E-state index is 10.4. The number of pyridine rings is 1. The van der Waals surface area contributed by atoms with Gasteiger partial charge in [0, 0.05) is 11.8 Å². The molecule has 1 rings (SSSR count). The van der Waals surface area contributed by atoms with Crippen molar-refractivity contribution in [1.29, 1.82) is 5.26 Å². The van der Waals surface area contributed by atoms with E-state index in [2.05, 4.69) is 4.98 Å². The number of aliphatic hydroxyl groups is 2. The van der Waals surface area contributed by atoms with Crippen LogP contribution >= 0.6 is 0 Å². The minimum Gasteiger partial charge on any atom is -0.479 e. The van der Waals surface area contributed by atoms with Crippen LogP contribution in [0, 0.1) is 18.3 Å². The van der Waals surface area contributed by atoms with E-state index >= 15 is 0 Å². The number of carboxylic acid groups (broad SMARTS) is 1. The highest BCUT2D eigenvalue weighted by atomic mass is 16.4. The van der Waals surface area contributed by atoms with E-state index in [-0.39, 0.29) is 11.3 Å². The van der Waals surface area contributed by atoms with Crippen LogP contribution in [0.5, 0.6) is 0 Å². The molecule has 0 radical (unpaired) electrons. The summed E-state index contributed by atoms with van der Waals surface area (Å²) in [5.41, 5.74) is 0.865. The number of rotatable bonds is 3. The zero-order valence-corrected chi connectivity index (χ0v) is 8.45. The summed E-state index contributed by atoms with van der Waals surface area (Å²) in [6.45, 7) is 1.61. The van der Waals surface area contributed by atoms with Crippen molar-refractivity contribution in [3.63, 3.8) is 0 Å². The zero-order valence-electron chi connectivity index (χ0n) is 8.45. The Morgan fingerprint density at radius 3 is 2.62 bits per heavy atom. The molecule has 6 heteroatoms. The molecule has 84 valence electrons. The second-order valence-electron chi connectivity index (χ2n) is 3.27. The van der Waals surface area contributed by atoms with E-state index in [1.165, 1.54) is 12.3 Å². The van der Waals surface area contributed by atoms with Gasteiger partial charge in [-0.1, -0.05) is 0 Å². The average Bonchev–Trinajstić information content (AvgIpc) is 2.26. The van der Waals surface area contributed by atoms with Gasteiger partial charge in [-0.05, 0) is 18.6 Å². The van der Waals surface area contributed by atoms with E-state index in [1.807, 2.05) is 6.07 Å². The maximum Gasteiger partial charge on any atom is 0.335 e. The molecule has 1 aromatic heterocycles. The summed E-state index contributed by atoms with van der Waals surface area (Å²) in [4.78, 5) is 14.2. The molecule has 16 heavy (non-hydrogen) atoms. The van der Waals surface area contributed by atoms with Crippen molar-refractivity contribution in [2.75, 3.05) is 0 Å². The molecule has 0 aliphatic rings. The summed E-state index contributed by atoms with van der Waals surface area (Å²) < 4.78 is 0. The summed E-state index contributed by atoms with van der Waals surface area (Å²) in [5.74, 6) is -1.52. The summed E-state index contributed by atoms with van der Waals surface area (Å²) in [7, 11) is 0. The SMILES string of the molecule is Cc1cc(C(O)C(O)C(=O)O)cnc1C#N. The van der Waals surface area contributed by atoms with Crippen LogP contribution in [0.3, 0.4) is 0 Å². The molecule has 1 heterocycles. The smallest absolute Gasteiger partial charge is 0.335 e. The number of carboxylic acids is 1. The van der Waals surface area contributed by atoms with Crippen LogP contribution in [0.1, 0.15) is 22.9 Å². The van der Waals surface area contributed by atoms with Gasteiger partial charge in [-0.2, -0.15) is 5.26 Å². The molecule has 0 amide bonds. The van der Waals surface area contributed by atoms with Gasteiger partial charge in [-0.15, -0.1) is 0 Å². The van der Waals surface area contributed by atoms with Crippen LogP contribution in [0.15, 0.2) is 12.3 Å². The van der Waals surface area contributed by atoms with Gasteiger partial charge in [0.1, 0.15) is 17.9 Å². The summed E-state index contributed by atoms with van der Waals surface area (Å²) in [6, 6.07) is 3.26. The van der Waals surface area contributed by atoms with Gasteiger partial charge in [-0.25, -0.2) is 9.78 Å². The monoisotopic (exact) mass is 222 g/mol. The van der Waals surface area contributed by atoms with Gasteiger partial charge in [0.25, 0.3) is 0 Å². The number of aliphatic hydroxyl groups excluding tert-OH is 2. The van der Waals surface area contributed by atoms with E-state index < -0.39 is 18.2 Å². The van der Waals surface area contributed by atoms with E-state index in [0.717, 1.165) is 0 Å². The predicted octanol–water partition coefficient (Wildman–Crippen LogP) is -0.259. The molecule has 2 unspecified atom stereocenters. The molecule has 1 aromatic rings. The summed E-state index contributed by atoms with van der Waals surface area (Å²) >= 11 is 0. The number of aliphatic carboxylic acids is 1. The maximum absolute atomic E-state index is 10.4. The number of aryl methyl sites for hydroxylation is 1. The van der Waals surface area contributed by atoms with Crippen molar-refractivity contribution in [2.45, 2.75) is 19.1 Å². The average molecular weight is 222 g/mol. The second-order valence-corrected chi connectivity index (χ2v) is 3.27. The Bertz CT molecular complexity index is 453. The van der Waals surface area contributed by atoms with Crippen LogP contribution < -0.4 is 0 Å². The normalized spacial score (nSPS) is 13.9. The minimum absolute atomic E-state index is 0.159. The van der Waals surface area contributed by atoms with Crippen molar-refractivity contribution in [1.82, 2.24) is 4.98 Å². The Labute approximate surface area is 91.4 Å². The largest absolute Gasteiger partial charge is 0.479 e. The minimum atomic E-state index is -1.91. The number of nitriles is 1. The first-order chi connectivity index (χ1) is 7.47. The van der Waals surface area contributed by atoms with Gasteiger partial charge in [0.15, 0.2) is 6.10 Å². The standard InChI is InChI=1S/C10H10N2O4/c1-5-2-6(4-12-7(5)3-11)8(13)9(14)10(15)16/h2,4,8-9,13-14H,1H3,(H,15,16). The van der Waals surface area contributed by atoms with E-state index in [1.54, 1.807) is 6.92 Å². The Morgan fingerprint density at radius 1 is 1.56 bits per heavy atom. The van der Waals surface area contributed by atoms with Crippen LogP contribution in [0.2, 0.25) is 0 Å². The fourth-order valence-corrected chi connectivity index (χ4v) is 1.19. The first-order valence-electron chi connectivity index (χ1n) is 4.43. The topological polar surface area (TPSA) is 114 Å². The molecule has 0 aliphatic carbocycles. The quantitative estimate of drug-likeness (QED) is 0.649. The van der Waals surface area contributed by atoms with E-state index in [0.29, 0.717) is 5.56 Å². The molecular formula is C10H10N2O4. The third-order valence-electron chi connectivity index (χ3n) is 2.10. The molecule has 2 atom stereocenters. The van der Waals surface area contributed by atoms with Gasteiger partial charge in [0.05, 0.1) is 0 Å². The number of nitrogens with zero attached hydrogens (tertiary/aromatic N) is 2. The van der Waals surface area contributed by atoms with Crippen molar-refractivity contribution >= 4 is 5.97 Å².